The molecule has 4 rings (SSSR count). The monoisotopic (exact) mass is 361 g/mol. The number of fused-ring (bicyclic) bond motifs is 1. The lowest BCUT2D eigenvalue weighted by atomic mass is 10.2. The van der Waals surface area contributed by atoms with E-state index in [1.54, 1.807) is 13.0 Å². The standard InChI is InChI=1S/C20H19N5O2/c1-14-11-18(24-27-14)23-19(26)13-25-17-10-6-5-9-16(17)22-20(25)21-12-15-7-3-2-4-8-15/h2-11H,12-13H2,1H3,(H,21,22)(H,23,24,26). The Morgan fingerprint density at radius 1 is 1.11 bits per heavy atom. The Morgan fingerprint density at radius 2 is 1.89 bits per heavy atom. The Hall–Kier alpha value is -3.61. The molecular weight excluding hydrogens is 342 g/mol. The van der Waals surface area contributed by atoms with Crippen LogP contribution in [-0.4, -0.2) is 20.6 Å². The first kappa shape index (κ1) is 16.8. The van der Waals surface area contributed by atoms with Gasteiger partial charge in [0.15, 0.2) is 5.82 Å². The van der Waals surface area contributed by atoms with Crippen molar-refractivity contribution in [2.45, 2.75) is 20.0 Å². The van der Waals surface area contributed by atoms with E-state index in [2.05, 4.69) is 20.8 Å². The molecule has 7 heteroatoms. The lowest BCUT2D eigenvalue weighted by Crippen LogP contribution is -2.20. The first-order chi connectivity index (χ1) is 13.2. The molecule has 2 aromatic carbocycles. The van der Waals surface area contributed by atoms with Crippen molar-refractivity contribution in [1.29, 1.82) is 0 Å². The van der Waals surface area contributed by atoms with Gasteiger partial charge in [-0.25, -0.2) is 4.98 Å². The van der Waals surface area contributed by atoms with Crippen molar-refractivity contribution in [2.24, 2.45) is 0 Å². The van der Waals surface area contributed by atoms with Gasteiger partial charge in [-0.3, -0.25) is 4.79 Å². The van der Waals surface area contributed by atoms with E-state index in [4.69, 9.17) is 4.52 Å². The van der Waals surface area contributed by atoms with Gasteiger partial charge in [-0.1, -0.05) is 47.6 Å². The quantitative estimate of drug-likeness (QED) is 0.548. The molecule has 0 unspecified atom stereocenters. The summed E-state index contributed by atoms with van der Waals surface area (Å²) in [5.41, 5.74) is 2.86. The van der Waals surface area contributed by atoms with Crippen LogP contribution in [0.4, 0.5) is 11.8 Å². The summed E-state index contributed by atoms with van der Waals surface area (Å²) in [6.45, 7) is 2.51. The van der Waals surface area contributed by atoms with Crippen LogP contribution in [-0.2, 0) is 17.9 Å². The van der Waals surface area contributed by atoms with Gasteiger partial charge in [0, 0.05) is 12.6 Å². The van der Waals surface area contributed by atoms with Gasteiger partial charge < -0.3 is 19.7 Å². The molecule has 0 radical (unpaired) electrons. The Kier molecular flexibility index (Phi) is 4.57. The number of rotatable bonds is 6. The molecule has 2 N–H and O–H groups in total. The van der Waals surface area contributed by atoms with E-state index in [0.29, 0.717) is 24.1 Å². The zero-order valence-corrected chi connectivity index (χ0v) is 14.8. The highest BCUT2D eigenvalue weighted by Crippen LogP contribution is 2.20. The van der Waals surface area contributed by atoms with Gasteiger partial charge >= 0.3 is 0 Å². The molecule has 0 aliphatic rings. The second-order valence-corrected chi connectivity index (χ2v) is 6.22. The molecule has 0 aliphatic carbocycles. The van der Waals surface area contributed by atoms with Crippen molar-refractivity contribution in [3.8, 4) is 0 Å². The maximum absolute atomic E-state index is 12.5. The summed E-state index contributed by atoms with van der Waals surface area (Å²) in [6.07, 6.45) is 0. The maximum Gasteiger partial charge on any atom is 0.245 e. The van der Waals surface area contributed by atoms with Crippen LogP contribution in [0, 0.1) is 6.92 Å². The van der Waals surface area contributed by atoms with Crippen LogP contribution in [0.25, 0.3) is 11.0 Å². The van der Waals surface area contributed by atoms with E-state index in [-0.39, 0.29) is 12.5 Å². The molecule has 27 heavy (non-hydrogen) atoms. The van der Waals surface area contributed by atoms with E-state index in [9.17, 15) is 4.79 Å². The molecule has 0 bridgehead atoms. The summed E-state index contributed by atoms with van der Waals surface area (Å²) in [7, 11) is 0. The number of para-hydroxylation sites is 2. The van der Waals surface area contributed by atoms with Gasteiger partial charge in [0.1, 0.15) is 12.3 Å². The van der Waals surface area contributed by atoms with Gasteiger partial charge in [-0.2, -0.15) is 0 Å². The Balaban J connectivity index is 1.56. The molecule has 0 spiro atoms. The highest BCUT2D eigenvalue weighted by Gasteiger charge is 2.14. The number of hydrogen-bond donors (Lipinski definition) is 2. The minimum atomic E-state index is -0.200. The fraction of sp³-hybridized carbons (Fsp3) is 0.150. The van der Waals surface area contributed by atoms with Crippen LogP contribution in [0.1, 0.15) is 11.3 Å². The lowest BCUT2D eigenvalue weighted by molar-refractivity contribution is -0.116. The minimum absolute atomic E-state index is 0.115. The number of aryl methyl sites for hydroxylation is 1. The van der Waals surface area contributed by atoms with Crippen molar-refractivity contribution in [3.63, 3.8) is 0 Å². The zero-order valence-electron chi connectivity index (χ0n) is 14.8. The molecular formula is C20H19N5O2. The molecule has 0 fully saturated rings. The molecule has 0 aliphatic heterocycles. The number of nitrogens with one attached hydrogen (secondary N) is 2. The highest BCUT2D eigenvalue weighted by molar-refractivity contribution is 5.91. The Bertz CT molecular complexity index is 1070. The van der Waals surface area contributed by atoms with Crippen LogP contribution >= 0.6 is 0 Å². The smallest absolute Gasteiger partial charge is 0.245 e. The van der Waals surface area contributed by atoms with Gasteiger partial charge in [0.05, 0.1) is 11.0 Å². The number of carbonyl (C=O) groups is 1. The average Bonchev–Trinajstić information content (AvgIpc) is 3.24. The first-order valence-electron chi connectivity index (χ1n) is 8.65. The summed E-state index contributed by atoms with van der Waals surface area (Å²) in [5.74, 6) is 1.49. The lowest BCUT2D eigenvalue weighted by Gasteiger charge is -2.10. The summed E-state index contributed by atoms with van der Waals surface area (Å²) in [6, 6.07) is 19.5. The van der Waals surface area contributed by atoms with Crippen molar-refractivity contribution >= 4 is 28.7 Å². The summed E-state index contributed by atoms with van der Waals surface area (Å²) >= 11 is 0. The molecule has 136 valence electrons. The van der Waals surface area contributed by atoms with Crippen LogP contribution in [0.5, 0.6) is 0 Å². The first-order valence-corrected chi connectivity index (χ1v) is 8.65. The van der Waals surface area contributed by atoms with Crippen LogP contribution in [0.2, 0.25) is 0 Å². The number of amides is 1. The summed E-state index contributed by atoms with van der Waals surface area (Å²) < 4.78 is 6.85. The molecule has 0 saturated heterocycles. The predicted molar refractivity (Wildman–Crippen MR) is 103 cm³/mol. The number of nitrogens with zero attached hydrogens (tertiary/aromatic N) is 3. The van der Waals surface area contributed by atoms with E-state index >= 15 is 0 Å². The van der Waals surface area contributed by atoms with Crippen LogP contribution < -0.4 is 10.6 Å². The third-order valence-electron chi connectivity index (χ3n) is 4.15. The van der Waals surface area contributed by atoms with Gasteiger partial charge in [-0.15, -0.1) is 0 Å². The summed E-state index contributed by atoms with van der Waals surface area (Å²) in [4.78, 5) is 17.1. The molecule has 7 nitrogen and oxygen atoms in total. The number of benzene rings is 2. The fourth-order valence-corrected chi connectivity index (χ4v) is 2.90. The van der Waals surface area contributed by atoms with Crippen molar-refractivity contribution in [2.75, 3.05) is 10.6 Å². The minimum Gasteiger partial charge on any atom is -0.360 e. The molecule has 2 aromatic heterocycles. The van der Waals surface area contributed by atoms with Crippen LogP contribution in [0.3, 0.4) is 0 Å². The second kappa shape index (κ2) is 7.33. The SMILES string of the molecule is Cc1cc(NC(=O)Cn2c(NCc3ccccc3)nc3ccccc32)no1. The average molecular weight is 361 g/mol. The Morgan fingerprint density at radius 3 is 2.67 bits per heavy atom. The van der Waals surface area contributed by atoms with E-state index in [0.717, 1.165) is 16.6 Å². The van der Waals surface area contributed by atoms with Crippen molar-refractivity contribution < 1.29 is 9.32 Å². The second-order valence-electron chi connectivity index (χ2n) is 6.22. The third-order valence-corrected chi connectivity index (χ3v) is 4.15. The highest BCUT2D eigenvalue weighted by atomic mass is 16.5. The Labute approximate surface area is 156 Å². The normalized spacial score (nSPS) is 10.9. The topological polar surface area (TPSA) is 85.0 Å². The number of imidazole rings is 1. The van der Waals surface area contributed by atoms with Crippen molar-refractivity contribution in [1.82, 2.24) is 14.7 Å². The van der Waals surface area contributed by atoms with Gasteiger partial charge in [0.2, 0.25) is 11.9 Å². The molecule has 0 saturated carbocycles. The maximum atomic E-state index is 12.5. The van der Waals surface area contributed by atoms with Gasteiger partial charge in [-0.05, 0) is 24.6 Å². The predicted octanol–water partition coefficient (Wildman–Crippen LogP) is 3.58. The molecule has 2 heterocycles. The third kappa shape index (κ3) is 3.82. The molecule has 4 aromatic rings. The molecule has 0 atom stereocenters. The van der Waals surface area contributed by atoms with Crippen LogP contribution in [0.15, 0.2) is 65.2 Å². The number of anilines is 2. The van der Waals surface area contributed by atoms with Gasteiger partial charge in [0.25, 0.3) is 0 Å². The largest absolute Gasteiger partial charge is 0.360 e. The number of aromatic nitrogens is 3. The fourth-order valence-electron chi connectivity index (χ4n) is 2.90. The summed E-state index contributed by atoms with van der Waals surface area (Å²) in [5, 5.41) is 9.87. The zero-order chi connectivity index (χ0) is 18.6. The van der Waals surface area contributed by atoms with E-state index < -0.39 is 0 Å². The number of carbonyl (C=O) groups excluding carboxylic acids is 1. The van der Waals surface area contributed by atoms with Crippen molar-refractivity contribution in [3.05, 3.63) is 72.0 Å². The van der Waals surface area contributed by atoms with E-state index in [1.807, 2.05) is 59.2 Å². The number of hydrogen-bond acceptors (Lipinski definition) is 5. The molecule has 1 amide bonds. The van der Waals surface area contributed by atoms with E-state index in [1.165, 1.54) is 0 Å².